The van der Waals surface area contributed by atoms with Crippen LogP contribution in [0, 0.1) is 0 Å². The second-order valence-electron chi connectivity index (χ2n) is 7.23. The van der Waals surface area contributed by atoms with E-state index in [0.29, 0.717) is 40.7 Å². The largest absolute Gasteiger partial charge is 0.489 e. The van der Waals surface area contributed by atoms with Gasteiger partial charge in [0.1, 0.15) is 12.4 Å². The summed E-state index contributed by atoms with van der Waals surface area (Å²) in [5, 5.41) is 2.85. The molecule has 160 valence electrons. The molecule has 3 aromatic rings. The zero-order valence-electron chi connectivity index (χ0n) is 16.8. The van der Waals surface area contributed by atoms with Crippen molar-refractivity contribution in [2.75, 3.05) is 18.4 Å². The molecule has 0 saturated carbocycles. The minimum atomic E-state index is -3.12. The van der Waals surface area contributed by atoms with Crippen LogP contribution in [0.1, 0.15) is 21.5 Å². The van der Waals surface area contributed by atoms with Crippen LogP contribution in [0.4, 0.5) is 5.69 Å². The first-order valence-corrected chi connectivity index (χ1v) is 11.6. The number of carbonyl (C=O) groups is 1. The first kappa shape index (κ1) is 20.7. The molecule has 0 fully saturated rings. The van der Waals surface area contributed by atoms with Crippen molar-refractivity contribution < 1.29 is 27.4 Å². The van der Waals surface area contributed by atoms with Crippen LogP contribution >= 0.6 is 0 Å². The van der Waals surface area contributed by atoms with E-state index in [2.05, 4.69) is 5.32 Å². The van der Waals surface area contributed by atoms with Gasteiger partial charge in [0.2, 0.25) is 6.79 Å². The van der Waals surface area contributed by atoms with Gasteiger partial charge < -0.3 is 19.5 Å². The molecule has 1 heterocycles. The fourth-order valence-corrected chi connectivity index (χ4v) is 3.93. The molecular formula is C23H21NO6S. The van der Waals surface area contributed by atoms with Gasteiger partial charge in [0.25, 0.3) is 5.91 Å². The van der Waals surface area contributed by atoms with Gasteiger partial charge in [-0.2, -0.15) is 0 Å². The number of amides is 1. The summed E-state index contributed by atoms with van der Waals surface area (Å²) in [7, 11) is -3.12. The van der Waals surface area contributed by atoms with E-state index in [4.69, 9.17) is 14.2 Å². The normalized spacial score (nSPS) is 12.4. The first-order chi connectivity index (χ1) is 14.9. The van der Waals surface area contributed by atoms with Crippen LogP contribution in [0.5, 0.6) is 17.2 Å². The summed E-state index contributed by atoms with van der Waals surface area (Å²) in [4.78, 5) is 12.5. The van der Waals surface area contributed by atoms with Gasteiger partial charge in [-0.1, -0.05) is 24.3 Å². The predicted molar refractivity (Wildman–Crippen MR) is 116 cm³/mol. The van der Waals surface area contributed by atoms with Crippen molar-refractivity contribution in [3.8, 4) is 17.2 Å². The molecule has 0 aromatic heterocycles. The van der Waals surface area contributed by atoms with E-state index in [1.807, 2.05) is 24.3 Å². The van der Waals surface area contributed by atoms with Gasteiger partial charge in [0.15, 0.2) is 21.3 Å². The molecule has 31 heavy (non-hydrogen) atoms. The van der Waals surface area contributed by atoms with Crippen molar-refractivity contribution in [2.24, 2.45) is 0 Å². The Bertz CT molecular complexity index is 1200. The van der Waals surface area contributed by atoms with E-state index in [-0.39, 0.29) is 18.5 Å². The fourth-order valence-electron chi connectivity index (χ4n) is 3.13. The van der Waals surface area contributed by atoms with Crippen molar-refractivity contribution in [2.45, 2.75) is 12.4 Å². The number of hydrogen-bond donors (Lipinski definition) is 1. The van der Waals surface area contributed by atoms with Gasteiger partial charge in [-0.15, -0.1) is 0 Å². The van der Waals surface area contributed by atoms with Gasteiger partial charge >= 0.3 is 0 Å². The van der Waals surface area contributed by atoms with E-state index in [1.54, 1.807) is 42.5 Å². The lowest BCUT2D eigenvalue weighted by Crippen LogP contribution is -2.12. The molecule has 0 radical (unpaired) electrons. The molecule has 4 rings (SSSR count). The SMILES string of the molecule is CS(=O)(=O)Cc1ccc(C(=O)Nc2cccc(COc3ccc4c(c3)OCO4)c2)cc1. The molecule has 7 nitrogen and oxygen atoms in total. The molecule has 1 aliphatic heterocycles. The van der Waals surface area contributed by atoms with E-state index >= 15 is 0 Å². The van der Waals surface area contributed by atoms with Crippen LogP contribution in [0.15, 0.2) is 66.7 Å². The molecular weight excluding hydrogens is 418 g/mol. The Morgan fingerprint density at radius 1 is 0.968 bits per heavy atom. The van der Waals surface area contributed by atoms with E-state index in [1.165, 1.54) is 6.26 Å². The molecule has 0 saturated heterocycles. The van der Waals surface area contributed by atoms with E-state index < -0.39 is 9.84 Å². The molecule has 1 amide bonds. The van der Waals surface area contributed by atoms with Crippen molar-refractivity contribution in [1.82, 2.24) is 0 Å². The molecule has 0 spiro atoms. The number of anilines is 1. The van der Waals surface area contributed by atoms with Crippen molar-refractivity contribution in [1.29, 1.82) is 0 Å². The van der Waals surface area contributed by atoms with Crippen LogP contribution in [-0.2, 0) is 22.2 Å². The van der Waals surface area contributed by atoms with E-state index in [9.17, 15) is 13.2 Å². The standard InChI is InChI=1S/C23H21NO6S/c1-31(26,27)14-16-5-7-18(8-6-16)23(25)24-19-4-2-3-17(11-19)13-28-20-9-10-21-22(12-20)30-15-29-21/h2-12H,13-15H2,1H3,(H,24,25). The van der Waals surface area contributed by atoms with E-state index in [0.717, 1.165) is 5.56 Å². The van der Waals surface area contributed by atoms with Gasteiger partial charge in [-0.05, 0) is 47.5 Å². The maximum atomic E-state index is 12.5. The quantitative estimate of drug-likeness (QED) is 0.602. The summed E-state index contributed by atoms with van der Waals surface area (Å²) < 4.78 is 39.2. The summed E-state index contributed by atoms with van der Waals surface area (Å²) in [5.74, 6) is 1.68. The fraction of sp³-hybridized carbons (Fsp3) is 0.174. The Hall–Kier alpha value is -3.52. The van der Waals surface area contributed by atoms with Crippen molar-refractivity contribution >= 4 is 21.4 Å². The smallest absolute Gasteiger partial charge is 0.255 e. The molecule has 3 aromatic carbocycles. The number of benzene rings is 3. The van der Waals surface area contributed by atoms with Gasteiger partial charge in [0, 0.05) is 23.6 Å². The monoisotopic (exact) mass is 439 g/mol. The lowest BCUT2D eigenvalue weighted by Gasteiger charge is -2.10. The molecule has 0 aliphatic carbocycles. The third kappa shape index (κ3) is 5.55. The average Bonchev–Trinajstić information content (AvgIpc) is 3.20. The summed E-state index contributed by atoms with van der Waals surface area (Å²) in [6, 6.07) is 19.3. The zero-order chi connectivity index (χ0) is 21.8. The maximum Gasteiger partial charge on any atom is 0.255 e. The Morgan fingerprint density at radius 2 is 1.74 bits per heavy atom. The lowest BCUT2D eigenvalue weighted by molar-refractivity contribution is 0.102. The minimum Gasteiger partial charge on any atom is -0.489 e. The van der Waals surface area contributed by atoms with Gasteiger partial charge in [0.05, 0.1) is 5.75 Å². The Kier molecular flexibility index (Phi) is 5.81. The third-order valence-corrected chi connectivity index (χ3v) is 5.44. The highest BCUT2D eigenvalue weighted by Crippen LogP contribution is 2.35. The molecule has 1 N–H and O–H groups in total. The summed E-state index contributed by atoms with van der Waals surface area (Å²) in [6.07, 6.45) is 1.18. The number of nitrogens with one attached hydrogen (secondary N) is 1. The highest BCUT2D eigenvalue weighted by atomic mass is 32.2. The Balaban J connectivity index is 1.37. The highest BCUT2D eigenvalue weighted by Gasteiger charge is 2.14. The predicted octanol–water partition coefficient (Wildman–Crippen LogP) is 3.79. The molecule has 0 atom stereocenters. The van der Waals surface area contributed by atoms with Gasteiger partial charge in [-0.3, -0.25) is 4.79 Å². The molecule has 0 bridgehead atoms. The molecule has 0 unspecified atom stereocenters. The molecule has 8 heteroatoms. The first-order valence-electron chi connectivity index (χ1n) is 9.55. The van der Waals surface area contributed by atoms with Crippen LogP contribution in [0.3, 0.4) is 0 Å². The maximum absolute atomic E-state index is 12.5. The summed E-state index contributed by atoms with van der Waals surface area (Å²) in [5.41, 5.74) is 2.61. The highest BCUT2D eigenvalue weighted by molar-refractivity contribution is 7.89. The summed E-state index contributed by atoms with van der Waals surface area (Å²) in [6.45, 7) is 0.532. The Labute approximate surface area is 180 Å². The molecule has 1 aliphatic rings. The van der Waals surface area contributed by atoms with Crippen LogP contribution < -0.4 is 19.5 Å². The minimum absolute atomic E-state index is 0.0552. The van der Waals surface area contributed by atoms with Crippen LogP contribution in [0.25, 0.3) is 0 Å². The van der Waals surface area contributed by atoms with Gasteiger partial charge in [-0.25, -0.2) is 8.42 Å². The van der Waals surface area contributed by atoms with Crippen molar-refractivity contribution in [3.63, 3.8) is 0 Å². The van der Waals surface area contributed by atoms with Crippen molar-refractivity contribution in [3.05, 3.63) is 83.4 Å². The van der Waals surface area contributed by atoms with Crippen LogP contribution in [0.2, 0.25) is 0 Å². The second-order valence-corrected chi connectivity index (χ2v) is 9.37. The third-order valence-electron chi connectivity index (χ3n) is 4.58. The zero-order valence-corrected chi connectivity index (χ0v) is 17.6. The second kappa shape index (κ2) is 8.69. The summed E-state index contributed by atoms with van der Waals surface area (Å²) >= 11 is 0. The number of fused-ring (bicyclic) bond motifs is 1. The topological polar surface area (TPSA) is 90.9 Å². The number of hydrogen-bond acceptors (Lipinski definition) is 6. The number of rotatable bonds is 7. The number of ether oxygens (including phenoxy) is 3. The van der Waals surface area contributed by atoms with Crippen LogP contribution in [-0.4, -0.2) is 27.4 Å². The number of sulfone groups is 1. The Morgan fingerprint density at radius 3 is 2.52 bits per heavy atom. The lowest BCUT2D eigenvalue weighted by atomic mass is 10.1. The average molecular weight is 439 g/mol. The number of carbonyl (C=O) groups excluding carboxylic acids is 1.